The van der Waals surface area contributed by atoms with Crippen LogP contribution in [0.3, 0.4) is 0 Å². The summed E-state index contributed by atoms with van der Waals surface area (Å²) < 4.78 is 14.0. The summed E-state index contributed by atoms with van der Waals surface area (Å²) in [4.78, 5) is 11.0. The van der Waals surface area contributed by atoms with Crippen LogP contribution in [0.4, 0.5) is 15.8 Å². The van der Waals surface area contributed by atoms with Gasteiger partial charge >= 0.3 is 0 Å². The molecule has 0 unspecified atom stereocenters. The summed E-state index contributed by atoms with van der Waals surface area (Å²) in [5.74, 6) is -0.638. The first-order valence-electron chi connectivity index (χ1n) is 5.40. The molecule has 0 saturated heterocycles. The Kier molecular flexibility index (Phi) is 3.63. The van der Waals surface area contributed by atoms with Crippen LogP contribution in [0.15, 0.2) is 42.5 Å². The number of para-hydroxylation sites is 1. The molecule has 2 rings (SSSR count). The first kappa shape index (κ1) is 12.6. The molecule has 0 heterocycles. The molecule has 2 nitrogen and oxygen atoms in total. The van der Waals surface area contributed by atoms with E-state index >= 15 is 0 Å². The number of aryl methyl sites for hydroxylation is 1. The lowest BCUT2D eigenvalue weighted by Crippen LogP contribution is -2.01. The molecule has 0 bridgehead atoms. The Balaban J connectivity index is 2.39. The molecule has 0 atom stereocenters. The summed E-state index contributed by atoms with van der Waals surface area (Å²) in [6.45, 7) is 1.91. The first-order valence-corrected chi connectivity index (χ1v) is 5.78. The van der Waals surface area contributed by atoms with E-state index in [1.807, 2.05) is 31.2 Å². The van der Waals surface area contributed by atoms with E-state index in [-0.39, 0.29) is 11.3 Å². The van der Waals surface area contributed by atoms with Crippen LogP contribution in [0.25, 0.3) is 0 Å². The number of hydrogen-bond donors (Lipinski definition) is 1. The third-order valence-corrected chi connectivity index (χ3v) is 2.83. The normalized spacial score (nSPS) is 10.2. The zero-order valence-electron chi connectivity index (χ0n) is 9.71. The fraction of sp³-hybridized carbons (Fsp3) is 0.0714. The summed E-state index contributed by atoms with van der Waals surface area (Å²) in [7, 11) is 0. The van der Waals surface area contributed by atoms with Crippen LogP contribution in [0, 0.1) is 12.7 Å². The molecule has 0 radical (unpaired) electrons. The zero-order chi connectivity index (χ0) is 13.1. The van der Waals surface area contributed by atoms with Gasteiger partial charge in [-0.2, -0.15) is 0 Å². The minimum atomic E-state index is -0.805. The lowest BCUT2D eigenvalue weighted by Gasteiger charge is -2.11. The van der Waals surface area contributed by atoms with Crippen molar-refractivity contribution in [3.63, 3.8) is 0 Å². The maximum absolute atomic E-state index is 14.0. The van der Waals surface area contributed by atoms with Crippen molar-refractivity contribution >= 4 is 28.2 Å². The van der Waals surface area contributed by atoms with Crippen LogP contribution in [-0.2, 0) is 0 Å². The van der Waals surface area contributed by atoms with Gasteiger partial charge in [0, 0.05) is 5.69 Å². The third-order valence-electron chi connectivity index (χ3n) is 2.62. The fourth-order valence-corrected chi connectivity index (χ4v) is 1.78. The van der Waals surface area contributed by atoms with Gasteiger partial charge in [0.25, 0.3) is 5.24 Å². The SMILES string of the molecule is Cc1ccccc1Nc1cccc(C(=O)Cl)c1F. The van der Waals surface area contributed by atoms with E-state index in [4.69, 9.17) is 11.6 Å². The molecule has 1 N–H and O–H groups in total. The monoisotopic (exact) mass is 263 g/mol. The lowest BCUT2D eigenvalue weighted by molar-refractivity contribution is 0.107. The van der Waals surface area contributed by atoms with Crippen molar-refractivity contribution in [3.8, 4) is 0 Å². The first-order chi connectivity index (χ1) is 8.59. The quantitative estimate of drug-likeness (QED) is 0.839. The molecule has 0 aliphatic carbocycles. The number of carbonyl (C=O) groups excluding carboxylic acids is 1. The minimum Gasteiger partial charge on any atom is -0.353 e. The van der Waals surface area contributed by atoms with E-state index in [0.29, 0.717) is 0 Å². The Morgan fingerprint density at radius 2 is 1.78 bits per heavy atom. The fourth-order valence-electron chi connectivity index (χ4n) is 1.64. The lowest BCUT2D eigenvalue weighted by atomic mass is 10.1. The predicted octanol–water partition coefficient (Wildman–Crippen LogP) is 4.26. The van der Waals surface area contributed by atoms with E-state index in [9.17, 15) is 9.18 Å². The van der Waals surface area contributed by atoms with Crippen molar-refractivity contribution in [2.45, 2.75) is 6.92 Å². The summed E-state index contributed by atoms with van der Waals surface area (Å²) in [5.41, 5.74) is 1.88. The van der Waals surface area contributed by atoms with Crippen molar-refractivity contribution in [3.05, 3.63) is 59.4 Å². The van der Waals surface area contributed by atoms with Gasteiger partial charge in [0.05, 0.1) is 11.3 Å². The Bertz CT molecular complexity index is 598. The van der Waals surface area contributed by atoms with Crippen molar-refractivity contribution < 1.29 is 9.18 Å². The summed E-state index contributed by atoms with van der Waals surface area (Å²) >= 11 is 5.31. The molecule has 0 amide bonds. The number of rotatable bonds is 3. The van der Waals surface area contributed by atoms with Gasteiger partial charge in [0.1, 0.15) is 0 Å². The number of halogens is 2. The molecule has 0 aliphatic rings. The van der Waals surface area contributed by atoms with Crippen LogP contribution >= 0.6 is 11.6 Å². The molecule has 0 spiro atoms. The average Bonchev–Trinajstić information content (AvgIpc) is 2.34. The Morgan fingerprint density at radius 3 is 2.44 bits per heavy atom. The van der Waals surface area contributed by atoms with Crippen LogP contribution in [0.1, 0.15) is 15.9 Å². The van der Waals surface area contributed by atoms with Crippen molar-refractivity contribution in [2.24, 2.45) is 0 Å². The van der Waals surface area contributed by atoms with Gasteiger partial charge in [-0.05, 0) is 42.3 Å². The van der Waals surface area contributed by atoms with E-state index in [0.717, 1.165) is 11.3 Å². The van der Waals surface area contributed by atoms with Gasteiger partial charge in [-0.1, -0.05) is 24.3 Å². The van der Waals surface area contributed by atoms with E-state index in [2.05, 4.69) is 5.32 Å². The predicted molar refractivity (Wildman–Crippen MR) is 71.0 cm³/mol. The molecule has 0 aliphatic heterocycles. The van der Waals surface area contributed by atoms with E-state index in [1.54, 1.807) is 12.1 Å². The standard InChI is InChI=1S/C14H11ClFNO/c1-9-5-2-3-7-11(9)17-12-8-4-6-10(13(12)16)14(15)18/h2-8,17H,1H3. The molecule has 2 aromatic carbocycles. The topological polar surface area (TPSA) is 29.1 Å². The van der Waals surface area contributed by atoms with Gasteiger partial charge in [-0.25, -0.2) is 4.39 Å². The van der Waals surface area contributed by atoms with Crippen LogP contribution < -0.4 is 5.32 Å². The van der Waals surface area contributed by atoms with Crippen LogP contribution in [0.2, 0.25) is 0 Å². The summed E-state index contributed by atoms with van der Waals surface area (Å²) in [5, 5.41) is 2.15. The summed E-state index contributed by atoms with van der Waals surface area (Å²) in [6, 6.07) is 12.0. The second-order valence-corrected chi connectivity index (χ2v) is 4.22. The maximum Gasteiger partial charge on any atom is 0.255 e. The highest BCUT2D eigenvalue weighted by Crippen LogP contribution is 2.25. The highest BCUT2D eigenvalue weighted by Gasteiger charge is 2.13. The average molecular weight is 264 g/mol. The van der Waals surface area contributed by atoms with Crippen LogP contribution in [-0.4, -0.2) is 5.24 Å². The van der Waals surface area contributed by atoms with E-state index < -0.39 is 11.1 Å². The number of nitrogens with one attached hydrogen (secondary N) is 1. The number of anilines is 2. The Labute approximate surface area is 109 Å². The van der Waals surface area contributed by atoms with Crippen molar-refractivity contribution in [1.29, 1.82) is 0 Å². The number of carbonyl (C=O) groups is 1. The molecule has 18 heavy (non-hydrogen) atoms. The summed E-state index contributed by atoms with van der Waals surface area (Å²) in [6.07, 6.45) is 0. The molecular weight excluding hydrogens is 253 g/mol. The molecule has 0 fully saturated rings. The molecule has 0 aromatic heterocycles. The molecule has 92 valence electrons. The molecule has 0 saturated carbocycles. The smallest absolute Gasteiger partial charge is 0.255 e. The zero-order valence-corrected chi connectivity index (χ0v) is 10.5. The third kappa shape index (κ3) is 2.51. The number of hydrogen-bond acceptors (Lipinski definition) is 2. The van der Waals surface area contributed by atoms with Crippen LogP contribution in [0.5, 0.6) is 0 Å². The van der Waals surface area contributed by atoms with E-state index in [1.165, 1.54) is 6.07 Å². The minimum absolute atomic E-state index is 0.129. The highest BCUT2D eigenvalue weighted by molar-refractivity contribution is 6.67. The molecule has 2 aromatic rings. The largest absolute Gasteiger partial charge is 0.353 e. The number of benzene rings is 2. The van der Waals surface area contributed by atoms with Gasteiger partial charge in [0.2, 0.25) is 0 Å². The van der Waals surface area contributed by atoms with Gasteiger partial charge in [-0.15, -0.1) is 0 Å². The van der Waals surface area contributed by atoms with Gasteiger partial charge < -0.3 is 5.32 Å². The molecular formula is C14H11ClFNO. The second kappa shape index (κ2) is 5.19. The highest BCUT2D eigenvalue weighted by atomic mass is 35.5. The second-order valence-electron chi connectivity index (χ2n) is 3.88. The van der Waals surface area contributed by atoms with Crippen molar-refractivity contribution in [2.75, 3.05) is 5.32 Å². The van der Waals surface area contributed by atoms with Crippen molar-refractivity contribution in [1.82, 2.24) is 0 Å². The Hall–Kier alpha value is -1.87. The molecule has 4 heteroatoms. The van der Waals surface area contributed by atoms with Gasteiger partial charge in [0.15, 0.2) is 5.82 Å². The maximum atomic E-state index is 14.0. The Morgan fingerprint density at radius 1 is 1.11 bits per heavy atom. The van der Waals surface area contributed by atoms with Gasteiger partial charge in [-0.3, -0.25) is 4.79 Å².